The zero-order valence-electron chi connectivity index (χ0n) is 11.1. The van der Waals surface area contributed by atoms with Crippen LogP contribution in [0.5, 0.6) is 5.75 Å². The van der Waals surface area contributed by atoms with E-state index < -0.39 is 12.1 Å². The molecule has 0 aliphatic carbocycles. The predicted octanol–water partition coefficient (Wildman–Crippen LogP) is 3.16. The molecular formula is C16H15FN2O. The van der Waals surface area contributed by atoms with Gasteiger partial charge in [0.2, 0.25) is 0 Å². The van der Waals surface area contributed by atoms with E-state index in [2.05, 4.69) is 0 Å². The summed E-state index contributed by atoms with van der Waals surface area (Å²) in [7, 11) is 0. The van der Waals surface area contributed by atoms with Crippen molar-refractivity contribution < 1.29 is 9.13 Å². The number of benzene rings is 2. The molecule has 0 aliphatic rings. The van der Waals surface area contributed by atoms with Crippen LogP contribution in [-0.2, 0) is 0 Å². The lowest BCUT2D eigenvalue weighted by molar-refractivity contribution is 0.175. The Hall–Kier alpha value is -2.38. The van der Waals surface area contributed by atoms with Crippen molar-refractivity contribution in [3.8, 4) is 11.8 Å². The number of ether oxygens (including phenoxy) is 1. The lowest BCUT2D eigenvalue weighted by Crippen LogP contribution is -2.29. The topological polar surface area (TPSA) is 59.0 Å². The Balaban J connectivity index is 2.31. The van der Waals surface area contributed by atoms with Gasteiger partial charge in [-0.25, -0.2) is 4.39 Å². The molecular weight excluding hydrogens is 255 g/mol. The number of hydrogen-bond donors (Lipinski definition) is 1. The molecule has 0 saturated carbocycles. The average molecular weight is 270 g/mol. The van der Waals surface area contributed by atoms with Crippen LogP contribution in [0.2, 0.25) is 0 Å². The molecule has 0 aromatic heterocycles. The van der Waals surface area contributed by atoms with Gasteiger partial charge in [-0.2, -0.15) is 5.26 Å². The van der Waals surface area contributed by atoms with Crippen molar-refractivity contribution in [2.45, 2.75) is 19.1 Å². The van der Waals surface area contributed by atoms with Crippen LogP contribution in [0.15, 0.2) is 48.5 Å². The second-order valence-corrected chi connectivity index (χ2v) is 4.56. The zero-order chi connectivity index (χ0) is 14.5. The van der Waals surface area contributed by atoms with E-state index in [4.69, 9.17) is 15.7 Å². The Morgan fingerprint density at radius 2 is 1.95 bits per heavy atom. The fourth-order valence-corrected chi connectivity index (χ4v) is 1.95. The first-order chi connectivity index (χ1) is 9.61. The van der Waals surface area contributed by atoms with E-state index in [9.17, 15) is 4.39 Å². The number of hydrogen-bond acceptors (Lipinski definition) is 3. The van der Waals surface area contributed by atoms with Gasteiger partial charge in [0.05, 0.1) is 11.6 Å². The summed E-state index contributed by atoms with van der Waals surface area (Å²) in [6.45, 7) is 1.76. The summed E-state index contributed by atoms with van der Waals surface area (Å²) in [6, 6.07) is 14.7. The molecule has 3 nitrogen and oxygen atoms in total. The van der Waals surface area contributed by atoms with Gasteiger partial charge >= 0.3 is 0 Å². The number of nitriles is 1. The summed E-state index contributed by atoms with van der Waals surface area (Å²) in [5.41, 5.74) is 6.79. The van der Waals surface area contributed by atoms with Crippen LogP contribution in [0.4, 0.5) is 4.39 Å². The first kappa shape index (κ1) is 14.0. The monoisotopic (exact) mass is 270 g/mol. The summed E-state index contributed by atoms with van der Waals surface area (Å²) in [4.78, 5) is 0. The van der Waals surface area contributed by atoms with Crippen molar-refractivity contribution >= 4 is 0 Å². The Morgan fingerprint density at radius 1 is 1.20 bits per heavy atom. The minimum absolute atomic E-state index is 0.355. The third kappa shape index (κ3) is 3.14. The first-order valence-electron chi connectivity index (χ1n) is 6.28. The third-order valence-electron chi connectivity index (χ3n) is 2.92. The summed E-state index contributed by atoms with van der Waals surface area (Å²) >= 11 is 0. The highest BCUT2D eigenvalue weighted by Gasteiger charge is 2.21. The van der Waals surface area contributed by atoms with Gasteiger partial charge in [0, 0.05) is 11.6 Å². The molecule has 2 aromatic rings. The Morgan fingerprint density at radius 3 is 2.60 bits per heavy atom. The molecule has 0 heterocycles. The molecule has 2 N–H and O–H groups in total. The molecule has 0 amide bonds. The first-order valence-corrected chi connectivity index (χ1v) is 6.28. The van der Waals surface area contributed by atoms with Crippen LogP contribution < -0.4 is 10.5 Å². The van der Waals surface area contributed by atoms with Crippen LogP contribution in [0, 0.1) is 17.1 Å². The van der Waals surface area contributed by atoms with E-state index in [-0.39, 0.29) is 5.82 Å². The Labute approximate surface area is 117 Å². The van der Waals surface area contributed by atoms with Gasteiger partial charge in [-0.05, 0) is 31.2 Å². The standard InChI is InChI=1S/C16H15FN2O/c1-11(19)16(14-7-2-3-8-15(14)17)20-13-6-4-5-12(9-13)10-18/h2-9,11,16H,19H2,1H3. The summed E-state index contributed by atoms with van der Waals surface area (Å²) in [5.74, 6) is 0.140. The fourth-order valence-electron chi connectivity index (χ4n) is 1.95. The highest BCUT2D eigenvalue weighted by Crippen LogP contribution is 2.26. The molecule has 2 rings (SSSR count). The molecule has 0 bridgehead atoms. The van der Waals surface area contributed by atoms with E-state index in [1.807, 2.05) is 6.07 Å². The van der Waals surface area contributed by atoms with Crippen LogP contribution >= 0.6 is 0 Å². The third-order valence-corrected chi connectivity index (χ3v) is 2.92. The largest absolute Gasteiger partial charge is 0.484 e. The molecule has 20 heavy (non-hydrogen) atoms. The zero-order valence-corrected chi connectivity index (χ0v) is 11.1. The molecule has 0 aliphatic heterocycles. The second kappa shape index (κ2) is 6.18. The van der Waals surface area contributed by atoms with E-state index in [1.54, 1.807) is 49.4 Å². The average Bonchev–Trinajstić information content (AvgIpc) is 2.45. The van der Waals surface area contributed by atoms with Crippen molar-refractivity contribution in [3.05, 3.63) is 65.5 Å². The van der Waals surface area contributed by atoms with Gasteiger partial charge in [0.1, 0.15) is 17.7 Å². The molecule has 2 unspecified atom stereocenters. The number of nitrogens with two attached hydrogens (primary N) is 1. The van der Waals surface area contributed by atoms with Gasteiger partial charge in [-0.15, -0.1) is 0 Å². The van der Waals surface area contributed by atoms with E-state index in [1.165, 1.54) is 6.07 Å². The van der Waals surface area contributed by atoms with Crippen molar-refractivity contribution in [2.75, 3.05) is 0 Å². The van der Waals surface area contributed by atoms with Crippen LogP contribution in [0.3, 0.4) is 0 Å². The molecule has 2 aromatic carbocycles. The molecule has 0 fully saturated rings. The van der Waals surface area contributed by atoms with Crippen molar-refractivity contribution in [1.29, 1.82) is 5.26 Å². The van der Waals surface area contributed by atoms with Crippen LogP contribution in [-0.4, -0.2) is 6.04 Å². The Bertz CT molecular complexity index is 634. The smallest absolute Gasteiger partial charge is 0.141 e. The quantitative estimate of drug-likeness (QED) is 0.928. The highest BCUT2D eigenvalue weighted by molar-refractivity contribution is 5.37. The number of halogens is 1. The minimum Gasteiger partial charge on any atom is -0.484 e. The summed E-state index contributed by atoms with van der Waals surface area (Å²) < 4.78 is 19.6. The molecule has 4 heteroatoms. The second-order valence-electron chi connectivity index (χ2n) is 4.56. The van der Waals surface area contributed by atoms with Crippen molar-refractivity contribution in [1.82, 2.24) is 0 Å². The molecule has 0 spiro atoms. The minimum atomic E-state index is -0.606. The van der Waals surface area contributed by atoms with Crippen molar-refractivity contribution in [2.24, 2.45) is 5.73 Å². The molecule has 0 radical (unpaired) electrons. The van der Waals surface area contributed by atoms with Gasteiger partial charge in [-0.1, -0.05) is 24.3 Å². The summed E-state index contributed by atoms with van der Waals surface area (Å²) in [5, 5.41) is 8.88. The van der Waals surface area contributed by atoms with E-state index >= 15 is 0 Å². The lowest BCUT2D eigenvalue weighted by atomic mass is 10.0. The van der Waals surface area contributed by atoms with E-state index in [0.717, 1.165) is 0 Å². The predicted molar refractivity (Wildman–Crippen MR) is 74.6 cm³/mol. The van der Waals surface area contributed by atoms with Gasteiger partial charge in [-0.3, -0.25) is 0 Å². The summed E-state index contributed by atoms with van der Waals surface area (Å²) in [6.07, 6.45) is -0.606. The van der Waals surface area contributed by atoms with Gasteiger partial charge in [0.15, 0.2) is 0 Å². The fraction of sp³-hybridized carbons (Fsp3) is 0.188. The molecule has 0 saturated heterocycles. The molecule has 2 atom stereocenters. The number of rotatable bonds is 4. The maximum atomic E-state index is 13.9. The normalized spacial score (nSPS) is 13.3. The highest BCUT2D eigenvalue weighted by atomic mass is 19.1. The number of nitrogens with zero attached hydrogens (tertiary/aromatic N) is 1. The van der Waals surface area contributed by atoms with Gasteiger partial charge < -0.3 is 10.5 Å². The maximum absolute atomic E-state index is 13.9. The van der Waals surface area contributed by atoms with Crippen LogP contribution in [0.25, 0.3) is 0 Å². The molecule has 102 valence electrons. The lowest BCUT2D eigenvalue weighted by Gasteiger charge is -2.23. The maximum Gasteiger partial charge on any atom is 0.141 e. The van der Waals surface area contributed by atoms with Crippen LogP contribution in [0.1, 0.15) is 24.2 Å². The Kier molecular flexibility index (Phi) is 4.34. The van der Waals surface area contributed by atoms with Crippen molar-refractivity contribution in [3.63, 3.8) is 0 Å². The van der Waals surface area contributed by atoms with E-state index in [0.29, 0.717) is 16.9 Å². The van der Waals surface area contributed by atoms with Gasteiger partial charge in [0.25, 0.3) is 0 Å². The SMILES string of the molecule is CC(N)C(Oc1cccc(C#N)c1)c1ccccc1F.